The van der Waals surface area contributed by atoms with Crippen molar-refractivity contribution in [3.05, 3.63) is 59.0 Å². The Morgan fingerprint density at radius 2 is 1.79 bits per heavy atom. The molecular weight excluding hydrogens is 451 g/mol. The maximum atomic E-state index is 13.9. The Kier molecular flexibility index (Phi) is 6.55. The second-order valence-electron chi connectivity index (χ2n) is 9.22. The van der Waals surface area contributed by atoms with E-state index in [2.05, 4.69) is 26.6 Å². The average Bonchev–Trinajstić information content (AvgIpc) is 2.86. The fourth-order valence-corrected chi connectivity index (χ4v) is 5.10. The van der Waals surface area contributed by atoms with E-state index in [0.717, 1.165) is 74.4 Å². The normalized spacial score (nSPS) is 18.9. The van der Waals surface area contributed by atoms with Crippen molar-refractivity contribution in [1.29, 1.82) is 0 Å². The Morgan fingerprint density at radius 3 is 2.53 bits per heavy atom. The van der Waals surface area contributed by atoms with Crippen LogP contribution in [0.5, 0.6) is 0 Å². The maximum Gasteiger partial charge on any atom is 0.227 e. The Hall–Kier alpha value is -2.93. The van der Waals surface area contributed by atoms with Crippen LogP contribution in [0, 0.1) is 12.7 Å². The summed E-state index contributed by atoms with van der Waals surface area (Å²) in [6.45, 7) is 8.32. The summed E-state index contributed by atoms with van der Waals surface area (Å²) in [5.41, 5.74) is 2.36. The predicted octanol–water partition coefficient (Wildman–Crippen LogP) is 5.34. The van der Waals surface area contributed by atoms with Gasteiger partial charge in [-0.2, -0.15) is 4.98 Å². The van der Waals surface area contributed by atoms with E-state index in [1.54, 1.807) is 19.2 Å². The van der Waals surface area contributed by atoms with E-state index in [1.807, 2.05) is 24.3 Å². The van der Waals surface area contributed by atoms with Crippen molar-refractivity contribution in [2.24, 2.45) is 0 Å². The number of piperazine rings is 1. The number of piperidine rings is 1. The summed E-state index contributed by atoms with van der Waals surface area (Å²) in [4.78, 5) is 21.3. The van der Waals surface area contributed by atoms with Crippen LogP contribution in [0.15, 0.2) is 42.6 Å². The molecule has 6 nitrogen and oxygen atoms in total. The number of rotatable bonds is 4. The van der Waals surface area contributed by atoms with Crippen LogP contribution in [-0.4, -0.2) is 53.7 Å². The number of aromatic nitrogens is 3. The summed E-state index contributed by atoms with van der Waals surface area (Å²) >= 11 is 6.41. The molecule has 0 saturated carbocycles. The standard InChI is InChI=1S/C26H30ClFN6/c1-18-15-20(8-9-22(18)28)23-16-24(31-26(30-23)32-11-4-3-5-12-32)34-14-13-33(17-19(34)2)25-21(27)7-6-10-29-25/h6-10,15-16,19H,3-5,11-14,17H2,1-2H3. The molecule has 2 fully saturated rings. The highest BCUT2D eigenvalue weighted by molar-refractivity contribution is 6.32. The number of hydrogen-bond donors (Lipinski definition) is 0. The zero-order chi connectivity index (χ0) is 23.7. The molecule has 178 valence electrons. The van der Waals surface area contributed by atoms with Gasteiger partial charge in [0, 0.05) is 56.6 Å². The van der Waals surface area contributed by atoms with Gasteiger partial charge in [-0.15, -0.1) is 0 Å². The monoisotopic (exact) mass is 480 g/mol. The molecule has 1 unspecified atom stereocenters. The van der Waals surface area contributed by atoms with Crippen LogP contribution in [0.2, 0.25) is 5.02 Å². The van der Waals surface area contributed by atoms with Crippen LogP contribution >= 0.6 is 11.6 Å². The van der Waals surface area contributed by atoms with Gasteiger partial charge in [-0.3, -0.25) is 0 Å². The summed E-state index contributed by atoms with van der Waals surface area (Å²) in [6.07, 6.45) is 5.33. The second kappa shape index (κ2) is 9.74. The molecule has 2 aliphatic heterocycles. The van der Waals surface area contributed by atoms with Crippen LogP contribution in [0.4, 0.5) is 22.0 Å². The van der Waals surface area contributed by atoms with E-state index in [-0.39, 0.29) is 11.9 Å². The predicted molar refractivity (Wildman–Crippen MR) is 136 cm³/mol. The number of halogens is 2. The summed E-state index contributed by atoms with van der Waals surface area (Å²) in [5.74, 6) is 2.30. The topological polar surface area (TPSA) is 48.4 Å². The SMILES string of the molecule is Cc1cc(-c2cc(N3CCN(c4ncccc4Cl)CC3C)nc(N3CCCCC3)n2)ccc1F. The van der Waals surface area contributed by atoms with Crippen molar-refractivity contribution in [2.75, 3.05) is 47.4 Å². The first-order chi connectivity index (χ1) is 16.5. The largest absolute Gasteiger partial charge is 0.352 e. The van der Waals surface area contributed by atoms with Crippen LogP contribution in [0.25, 0.3) is 11.3 Å². The average molecular weight is 481 g/mol. The van der Waals surface area contributed by atoms with Crippen LogP contribution in [0.1, 0.15) is 31.7 Å². The molecule has 0 radical (unpaired) electrons. The molecular formula is C26H30ClFN6. The van der Waals surface area contributed by atoms with E-state index >= 15 is 0 Å². The van der Waals surface area contributed by atoms with Crippen molar-refractivity contribution in [1.82, 2.24) is 15.0 Å². The minimum atomic E-state index is -0.202. The molecule has 8 heteroatoms. The van der Waals surface area contributed by atoms with Gasteiger partial charge in [0.25, 0.3) is 0 Å². The first kappa shape index (κ1) is 22.8. The molecule has 1 aromatic carbocycles. The van der Waals surface area contributed by atoms with E-state index in [1.165, 1.54) is 12.5 Å². The van der Waals surface area contributed by atoms with Crippen LogP contribution in [0.3, 0.4) is 0 Å². The van der Waals surface area contributed by atoms with E-state index < -0.39 is 0 Å². The quantitative estimate of drug-likeness (QED) is 0.502. The minimum Gasteiger partial charge on any atom is -0.352 e. The number of hydrogen-bond acceptors (Lipinski definition) is 6. The molecule has 5 rings (SSSR count). The van der Waals surface area contributed by atoms with Gasteiger partial charge in [0.15, 0.2) is 0 Å². The summed E-state index contributed by atoms with van der Waals surface area (Å²) in [6, 6.07) is 11.2. The van der Waals surface area contributed by atoms with Gasteiger partial charge < -0.3 is 14.7 Å². The number of nitrogens with zero attached hydrogens (tertiary/aromatic N) is 6. The fraction of sp³-hybridized carbons (Fsp3) is 0.423. The number of benzene rings is 1. The van der Waals surface area contributed by atoms with Gasteiger partial charge in [-0.05, 0) is 69.0 Å². The summed E-state index contributed by atoms with van der Waals surface area (Å²) in [5, 5.41) is 0.673. The van der Waals surface area contributed by atoms with Crippen molar-refractivity contribution in [2.45, 2.75) is 39.2 Å². The van der Waals surface area contributed by atoms with Crippen LogP contribution in [-0.2, 0) is 0 Å². The second-order valence-corrected chi connectivity index (χ2v) is 9.63. The van der Waals surface area contributed by atoms with Crippen molar-refractivity contribution in [3.8, 4) is 11.3 Å². The third-order valence-electron chi connectivity index (χ3n) is 6.75. The van der Waals surface area contributed by atoms with Gasteiger partial charge in [-0.25, -0.2) is 14.4 Å². The Balaban J connectivity index is 1.47. The summed E-state index contributed by atoms with van der Waals surface area (Å²) < 4.78 is 13.9. The number of pyridine rings is 1. The lowest BCUT2D eigenvalue weighted by atomic mass is 10.1. The Morgan fingerprint density at radius 1 is 0.971 bits per heavy atom. The molecule has 2 saturated heterocycles. The zero-order valence-electron chi connectivity index (χ0n) is 19.7. The minimum absolute atomic E-state index is 0.202. The molecule has 0 amide bonds. The van der Waals surface area contributed by atoms with Crippen molar-refractivity contribution < 1.29 is 4.39 Å². The van der Waals surface area contributed by atoms with E-state index in [4.69, 9.17) is 21.6 Å². The molecule has 4 heterocycles. The number of anilines is 3. The highest BCUT2D eigenvalue weighted by Crippen LogP contribution is 2.31. The van der Waals surface area contributed by atoms with Gasteiger partial charge in [0.2, 0.25) is 5.95 Å². The third kappa shape index (κ3) is 4.67. The van der Waals surface area contributed by atoms with E-state index in [0.29, 0.717) is 10.6 Å². The highest BCUT2D eigenvalue weighted by Gasteiger charge is 2.28. The fourth-order valence-electron chi connectivity index (χ4n) is 4.86. The van der Waals surface area contributed by atoms with E-state index in [9.17, 15) is 4.39 Å². The smallest absolute Gasteiger partial charge is 0.227 e. The van der Waals surface area contributed by atoms with Crippen molar-refractivity contribution in [3.63, 3.8) is 0 Å². The molecule has 34 heavy (non-hydrogen) atoms. The molecule has 0 N–H and O–H groups in total. The molecule has 0 bridgehead atoms. The van der Waals surface area contributed by atoms with Gasteiger partial charge in [0.05, 0.1) is 10.7 Å². The third-order valence-corrected chi connectivity index (χ3v) is 7.05. The molecule has 0 spiro atoms. The van der Waals surface area contributed by atoms with Gasteiger partial charge >= 0.3 is 0 Å². The molecule has 2 aromatic heterocycles. The molecule has 3 aromatic rings. The van der Waals surface area contributed by atoms with Crippen molar-refractivity contribution >= 4 is 29.2 Å². The first-order valence-corrected chi connectivity index (χ1v) is 12.4. The number of aryl methyl sites for hydroxylation is 1. The molecule has 1 atom stereocenters. The maximum absolute atomic E-state index is 13.9. The zero-order valence-corrected chi connectivity index (χ0v) is 20.5. The molecule has 0 aliphatic carbocycles. The first-order valence-electron chi connectivity index (χ1n) is 12.0. The Labute approximate surface area is 205 Å². The summed E-state index contributed by atoms with van der Waals surface area (Å²) in [7, 11) is 0. The van der Waals surface area contributed by atoms with Gasteiger partial charge in [0.1, 0.15) is 17.5 Å². The lowest BCUT2D eigenvalue weighted by Crippen LogP contribution is -2.52. The highest BCUT2D eigenvalue weighted by atomic mass is 35.5. The van der Waals surface area contributed by atoms with Crippen LogP contribution < -0.4 is 14.7 Å². The lowest BCUT2D eigenvalue weighted by molar-refractivity contribution is 0.539. The lowest BCUT2D eigenvalue weighted by Gasteiger charge is -2.41. The van der Waals surface area contributed by atoms with Gasteiger partial charge in [-0.1, -0.05) is 11.6 Å². The Bertz CT molecular complexity index is 1170. The molecule has 2 aliphatic rings.